The van der Waals surface area contributed by atoms with Crippen LogP contribution in [-0.4, -0.2) is 0 Å². The third kappa shape index (κ3) is 7.81. The third-order valence-corrected chi connectivity index (χ3v) is 9.50. The SMILES string of the molecule is FC(F)=C(F)Oc1ccc(N(c2ccc(-c3ccc(N(c4ccc(OC(F)=C(F)F)cc4)c4cccc5ccccc45)cc3)cc2)c2cccc3ccccc23)cc1. The van der Waals surface area contributed by atoms with E-state index in [4.69, 9.17) is 0 Å². The molecular formula is C48H30F6N2O2. The first kappa shape index (κ1) is 37.5. The summed E-state index contributed by atoms with van der Waals surface area (Å²) in [6.07, 6.45) is -5.08. The molecule has 0 N–H and O–H groups in total. The number of benzene rings is 8. The van der Waals surface area contributed by atoms with Crippen LogP contribution in [0, 0.1) is 0 Å². The summed E-state index contributed by atoms with van der Waals surface area (Å²) in [6, 6.07) is 52.3. The molecule has 0 amide bonds. The van der Waals surface area contributed by atoms with E-state index in [2.05, 4.69) is 9.47 Å². The summed E-state index contributed by atoms with van der Waals surface area (Å²) in [7, 11) is 0. The van der Waals surface area contributed by atoms with Gasteiger partial charge in [-0.05, 0) is 107 Å². The lowest BCUT2D eigenvalue weighted by molar-refractivity contribution is 0.241. The van der Waals surface area contributed by atoms with E-state index in [1.807, 2.05) is 143 Å². The monoisotopic (exact) mass is 780 g/mol. The topological polar surface area (TPSA) is 24.9 Å². The highest BCUT2D eigenvalue weighted by Crippen LogP contribution is 2.42. The van der Waals surface area contributed by atoms with Gasteiger partial charge in [-0.3, -0.25) is 0 Å². The van der Waals surface area contributed by atoms with Crippen molar-refractivity contribution in [1.29, 1.82) is 0 Å². The first-order valence-electron chi connectivity index (χ1n) is 18.0. The molecule has 286 valence electrons. The van der Waals surface area contributed by atoms with Crippen molar-refractivity contribution < 1.29 is 35.8 Å². The van der Waals surface area contributed by atoms with Crippen LogP contribution in [0.3, 0.4) is 0 Å². The van der Waals surface area contributed by atoms with Crippen LogP contribution in [0.4, 0.5) is 60.5 Å². The van der Waals surface area contributed by atoms with E-state index >= 15 is 0 Å². The van der Waals surface area contributed by atoms with Crippen molar-refractivity contribution in [3.05, 3.63) is 206 Å². The lowest BCUT2D eigenvalue weighted by atomic mass is 10.0. The van der Waals surface area contributed by atoms with Gasteiger partial charge in [0.2, 0.25) is 0 Å². The minimum Gasteiger partial charge on any atom is -0.428 e. The molecule has 8 rings (SSSR count). The Morgan fingerprint density at radius 1 is 0.328 bits per heavy atom. The highest BCUT2D eigenvalue weighted by Gasteiger charge is 2.19. The summed E-state index contributed by atoms with van der Waals surface area (Å²) in [5.74, 6) is -0.150. The second kappa shape index (κ2) is 16.3. The molecule has 0 aliphatic heterocycles. The van der Waals surface area contributed by atoms with Crippen LogP contribution >= 0.6 is 0 Å². The van der Waals surface area contributed by atoms with E-state index in [0.717, 1.165) is 55.4 Å². The Labute approximate surface area is 329 Å². The fourth-order valence-electron chi connectivity index (χ4n) is 6.88. The third-order valence-electron chi connectivity index (χ3n) is 9.50. The van der Waals surface area contributed by atoms with Gasteiger partial charge in [-0.25, -0.2) is 0 Å². The summed E-state index contributed by atoms with van der Waals surface area (Å²) >= 11 is 0. The largest absolute Gasteiger partial charge is 0.428 e. The molecule has 0 spiro atoms. The van der Waals surface area contributed by atoms with E-state index in [1.165, 1.54) is 24.3 Å². The minimum absolute atomic E-state index is 0.0751. The lowest BCUT2D eigenvalue weighted by Gasteiger charge is -2.27. The van der Waals surface area contributed by atoms with Gasteiger partial charge in [-0.1, -0.05) is 97.1 Å². The molecule has 0 saturated heterocycles. The predicted molar refractivity (Wildman–Crippen MR) is 218 cm³/mol. The Bertz CT molecular complexity index is 2580. The number of ether oxygens (including phenoxy) is 2. The molecule has 0 unspecified atom stereocenters. The highest BCUT2D eigenvalue weighted by atomic mass is 19.3. The second-order valence-corrected chi connectivity index (χ2v) is 13.0. The number of fused-ring (bicyclic) bond motifs is 2. The quantitative estimate of drug-likeness (QED) is 0.0964. The molecule has 0 radical (unpaired) electrons. The zero-order chi connectivity index (χ0) is 40.2. The van der Waals surface area contributed by atoms with E-state index in [-0.39, 0.29) is 11.5 Å². The Kier molecular flexibility index (Phi) is 10.5. The van der Waals surface area contributed by atoms with Gasteiger partial charge in [-0.15, -0.1) is 0 Å². The summed E-state index contributed by atoms with van der Waals surface area (Å²) < 4.78 is 87.3. The van der Waals surface area contributed by atoms with Crippen LogP contribution in [0.2, 0.25) is 0 Å². The highest BCUT2D eigenvalue weighted by molar-refractivity contribution is 6.00. The number of anilines is 6. The van der Waals surface area contributed by atoms with Crippen molar-refractivity contribution in [3.63, 3.8) is 0 Å². The molecule has 0 atom stereocenters. The summed E-state index contributed by atoms with van der Waals surface area (Å²) in [5.41, 5.74) is 6.60. The average Bonchev–Trinajstić information content (AvgIpc) is 3.25. The first-order chi connectivity index (χ1) is 28.2. The Balaban J connectivity index is 1.14. The smallest absolute Gasteiger partial charge is 0.344 e. The van der Waals surface area contributed by atoms with Gasteiger partial charge in [0.05, 0.1) is 11.4 Å². The molecule has 0 aliphatic rings. The molecule has 4 nitrogen and oxygen atoms in total. The van der Waals surface area contributed by atoms with Gasteiger partial charge in [0.1, 0.15) is 11.5 Å². The zero-order valence-electron chi connectivity index (χ0n) is 30.3. The summed E-state index contributed by atoms with van der Waals surface area (Å²) in [4.78, 5) is 4.05. The minimum atomic E-state index is -2.54. The normalized spacial score (nSPS) is 10.9. The van der Waals surface area contributed by atoms with Crippen LogP contribution in [0.5, 0.6) is 11.5 Å². The molecule has 8 aromatic rings. The van der Waals surface area contributed by atoms with Crippen molar-refractivity contribution in [2.45, 2.75) is 0 Å². The van der Waals surface area contributed by atoms with E-state index < -0.39 is 24.2 Å². The number of nitrogens with zero attached hydrogens (tertiary/aromatic N) is 2. The Hall–Kier alpha value is -7.46. The van der Waals surface area contributed by atoms with Crippen LogP contribution in [0.25, 0.3) is 32.7 Å². The first-order valence-corrected chi connectivity index (χ1v) is 18.0. The molecular weight excluding hydrogens is 751 g/mol. The zero-order valence-corrected chi connectivity index (χ0v) is 30.3. The van der Waals surface area contributed by atoms with E-state index in [1.54, 1.807) is 24.3 Å². The standard InChI is InChI=1S/C48H30F6N2O2/c49-45(50)47(53)57-39-27-23-37(24-28-39)55(43-13-5-9-33-7-1-3-11-41(33)43)35-19-15-31(16-20-35)32-17-21-36(22-18-32)56(44-14-6-10-34-8-2-4-12-42(34)44)38-25-29-40(30-26-38)58-48(54)46(51)52/h1-30H. The van der Waals surface area contributed by atoms with Crippen molar-refractivity contribution in [2.24, 2.45) is 0 Å². The molecule has 10 heteroatoms. The van der Waals surface area contributed by atoms with Gasteiger partial charge >= 0.3 is 24.2 Å². The fourth-order valence-corrected chi connectivity index (χ4v) is 6.88. The maximum Gasteiger partial charge on any atom is 0.344 e. The fraction of sp³-hybridized carbons (Fsp3) is 0. The molecule has 0 aliphatic carbocycles. The molecule has 0 fully saturated rings. The summed E-state index contributed by atoms with van der Waals surface area (Å²) in [5, 5.41) is 4.00. The number of hydrogen-bond donors (Lipinski definition) is 0. The second-order valence-electron chi connectivity index (χ2n) is 13.0. The van der Waals surface area contributed by atoms with Gasteiger partial charge in [0, 0.05) is 33.5 Å². The number of hydrogen-bond acceptors (Lipinski definition) is 4. The Morgan fingerprint density at radius 2 is 0.638 bits per heavy atom. The maximum atomic E-state index is 13.6. The molecule has 58 heavy (non-hydrogen) atoms. The van der Waals surface area contributed by atoms with Crippen LogP contribution in [0.1, 0.15) is 0 Å². The molecule has 8 aromatic carbocycles. The van der Waals surface area contributed by atoms with Crippen LogP contribution in [0.15, 0.2) is 206 Å². The van der Waals surface area contributed by atoms with E-state index in [0.29, 0.717) is 11.4 Å². The van der Waals surface area contributed by atoms with Crippen LogP contribution < -0.4 is 19.3 Å². The molecule has 0 bridgehead atoms. The van der Waals surface area contributed by atoms with Gasteiger partial charge in [-0.2, -0.15) is 26.3 Å². The van der Waals surface area contributed by atoms with E-state index in [9.17, 15) is 26.3 Å². The van der Waals surface area contributed by atoms with Crippen molar-refractivity contribution in [2.75, 3.05) is 9.80 Å². The summed E-state index contributed by atoms with van der Waals surface area (Å²) in [6.45, 7) is 0. The van der Waals surface area contributed by atoms with Crippen molar-refractivity contribution in [1.82, 2.24) is 0 Å². The maximum absolute atomic E-state index is 13.6. The lowest BCUT2D eigenvalue weighted by Crippen LogP contribution is -2.10. The van der Waals surface area contributed by atoms with Crippen molar-refractivity contribution in [3.8, 4) is 22.6 Å². The van der Waals surface area contributed by atoms with Gasteiger partial charge in [0.25, 0.3) is 0 Å². The molecule has 0 heterocycles. The Morgan fingerprint density at radius 3 is 0.983 bits per heavy atom. The average molecular weight is 781 g/mol. The number of halogens is 6. The molecule has 0 aromatic heterocycles. The predicted octanol–water partition coefficient (Wildman–Crippen LogP) is 15.4. The van der Waals surface area contributed by atoms with Gasteiger partial charge in [0.15, 0.2) is 0 Å². The van der Waals surface area contributed by atoms with Gasteiger partial charge < -0.3 is 19.3 Å². The molecule has 0 saturated carbocycles. The van der Waals surface area contributed by atoms with Crippen LogP contribution in [-0.2, 0) is 0 Å². The number of rotatable bonds is 11. The van der Waals surface area contributed by atoms with Crippen molar-refractivity contribution >= 4 is 55.7 Å².